The van der Waals surface area contributed by atoms with Crippen LogP contribution in [0.5, 0.6) is 0 Å². The number of carbonyl (C=O) groups is 3. The molecule has 0 spiro atoms. The number of esters is 3. The van der Waals surface area contributed by atoms with Crippen molar-refractivity contribution in [3.05, 3.63) is 72.9 Å². The zero-order chi connectivity index (χ0) is 55.7. The van der Waals surface area contributed by atoms with Gasteiger partial charge < -0.3 is 14.2 Å². The Balaban J connectivity index is 4.25. The van der Waals surface area contributed by atoms with Crippen LogP contribution < -0.4 is 0 Å². The molecule has 0 fully saturated rings. The fourth-order valence-electron chi connectivity index (χ4n) is 9.59. The van der Waals surface area contributed by atoms with Gasteiger partial charge in [-0.2, -0.15) is 0 Å². The molecule has 0 rings (SSSR count). The summed E-state index contributed by atoms with van der Waals surface area (Å²) in [5.41, 5.74) is 0. The van der Waals surface area contributed by atoms with Gasteiger partial charge in [0.25, 0.3) is 0 Å². The van der Waals surface area contributed by atoms with E-state index in [-0.39, 0.29) is 31.1 Å². The van der Waals surface area contributed by atoms with Gasteiger partial charge in [0.2, 0.25) is 0 Å². The lowest BCUT2D eigenvalue weighted by atomic mass is 10.0. The Morgan fingerprint density at radius 1 is 0.260 bits per heavy atom. The Morgan fingerprint density at radius 2 is 0.468 bits per heavy atom. The van der Waals surface area contributed by atoms with E-state index in [1.807, 2.05) is 0 Å². The third kappa shape index (κ3) is 63.6. The van der Waals surface area contributed by atoms with E-state index >= 15 is 0 Å². The summed E-state index contributed by atoms with van der Waals surface area (Å²) in [5, 5.41) is 0. The molecule has 0 N–H and O–H groups in total. The fourth-order valence-corrected chi connectivity index (χ4v) is 9.59. The molecule has 0 saturated carbocycles. The van der Waals surface area contributed by atoms with Crippen molar-refractivity contribution in [1.29, 1.82) is 0 Å². The highest BCUT2D eigenvalue weighted by Gasteiger charge is 2.19. The molecule has 0 radical (unpaired) electrons. The lowest BCUT2D eigenvalue weighted by Gasteiger charge is -2.18. The molecule has 0 aromatic carbocycles. The number of hydrogen-bond donors (Lipinski definition) is 0. The maximum Gasteiger partial charge on any atom is 0.306 e. The summed E-state index contributed by atoms with van der Waals surface area (Å²) < 4.78 is 16.9. The molecule has 0 aliphatic heterocycles. The number of ether oxygens (including phenoxy) is 3. The van der Waals surface area contributed by atoms with Crippen LogP contribution in [0.15, 0.2) is 72.9 Å². The normalized spacial score (nSPS) is 12.5. The highest BCUT2D eigenvalue weighted by molar-refractivity contribution is 5.71. The van der Waals surface area contributed by atoms with Crippen LogP contribution in [0, 0.1) is 0 Å². The first-order valence-electron chi connectivity index (χ1n) is 33.4. The lowest BCUT2D eigenvalue weighted by Crippen LogP contribution is -2.30. The molecular formula is C71H126O6. The quantitative estimate of drug-likeness (QED) is 0.0261. The van der Waals surface area contributed by atoms with Crippen molar-refractivity contribution in [2.75, 3.05) is 13.2 Å². The van der Waals surface area contributed by atoms with E-state index in [4.69, 9.17) is 14.2 Å². The molecule has 0 bridgehead atoms. The first-order chi connectivity index (χ1) is 38.0. The zero-order valence-corrected chi connectivity index (χ0v) is 51.2. The maximum atomic E-state index is 12.9. The Kier molecular flexibility index (Phi) is 62.7. The second-order valence-electron chi connectivity index (χ2n) is 22.4. The van der Waals surface area contributed by atoms with Gasteiger partial charge in [-0.25, -0.2) is 0 Å². The molecule has 0 amide bonds. The van der Waals surface area contributed by atoms with Crippen LogP contribution in [0.2, 0.25) is 0 Å². The van der Waals surface area contributed by atoms with Gasteiger partial charge >= 0.3 is 17.9 Å². The first kappa shape index (κ1) is 73.8. The van der Waals surface area contributed by atoms with Crippen LogP contribution in [0.3, 0.4) is 0 Å². The van der Waals surface area contributed by atoms with E-state index in [2.05, 4.69) is 93.7 Å². The van der Waals surface area contributed by atoms with E-state index in [1.54, 1.807) is 0 Å². The van der Waals surface area contributed by atoms with Crippen LogP contribution in [0.1, 0.15) is 342 Å². The SMILES string of the molecule is CCCCC/C=C\C/C=C\CCCCCCCC(=O)OC(COC(=O)CCCCCCC/C=C\CCCCCCCC)COC(=O)CCCCCCCCCCCCCCCC/C=C\C/C=C\C/C=C\CCCCCCC. The standard InChI is InChI=1S/C71H126O6/c1-4-7-10-13-16-19-22-25-28-29-30-31-32-33-34-35-36-37-38-39-40-41-44-46-49-52-55-58-61-64-70(73)76-67-68(77-71(74)65-62-59-56-53-50-47-43-27-24-21-18-15-12-9-6-3)66-75-69(72)63-60-57-54-51-48-45-42-26-23-20-17-14-11-8-5-2/h18,21-22,25-27,29-30,32-33,42-43,68H,4-17,19-20,23-24,28,31,34-41,44-67H2,1-3H3/b21-18-,25-22-,30-29-,33-32-,42-26-,43-27-. The van der Waals surface area contributed by atoms with E-state index in [0.29, 0.717) is 19.3 Å². The average Bonchev–Trinajstić information content (AvgIpc) is 3.43. The summed E-state index contributed by atoms with van der Waals surface area (Å²) in [4.78, 5) is 38.3. The summed E-state index contributed by atoms with van der Waals surface area (Å²) in [6, 6.07) is 0. The van der Waals surface area contributed by atoms with Gasteiger partial charge in [-0.3, -0.25) is 14.4 Å². The monoisotopic (exact) mass is 1070 g/mol. The number of hydrogen-bond acceptors (Lipinski definition) is 6. The highest BCUT2D eigenvalue weighted by Crippen LogP contribution is 2.16. The molecule has 0 aliphatic rings. The van der Waals surface area contributed by atoms with Crippen molar-refractivity contribution in [1.82, 2.24) is 0 Å². The van der Waals surface area contributed by atoms with E-state index in [1.165, 1.54) is 199 Å². The average molecular weight is 1080 g/mol. The second kappa shape index (κ2) is 65.4. The van der Waals surface area contributed by atoms with Crippen LogP contribution in [0.4, 0.5) is 0 Å². The molecule has 0 saturated heterocycles. The topological polar surface area (TPSA) is 78.9 Å². The summed E-state index contributed by atoms with van der Waals surface area (Å²) in [6.45, 7) is 6.61. The Labute approximate surface area is 478 Å². The summed E-state index contributed by atoms with van der Waals surface area (Å²) in [7, 11) is 0. The zero-order valence-electron chi connectivity index (χ0n) is 51.2. The van der Waals surface area contributed by atoms with Crippen LogP contribution in [-0.4, -0.2) is 37.2 Å². The summed E-state index contributed by atoms with van der Waals surface area (Å²) >= 11 is 0. The van der Waals surface area contributed by atoms with Crippen molar-refractivity contribution in [3.63, 3.8) is 0 Å². The number of carbonyl (C=O) groups excluding carboxylic acids is 3. The van der Waals surface area contributed by atoms with Gasteiger partial charge in [-0.1, -0.05) is 280 Å². The molecule has 1 atom stereocenters. The van der Waals surface area contributed by atoms with Crippen molar-refractivity contribution in [3.8, 4) is 0 Å². The minimum atomic E-state index is -0.787. The minimum absolute atomic E-state index is 0.0820. The maximum absolute atomic E-state index is 12.9. The van der Waals surface area contributed by atoms with Gasteiger partial charge in [-0.15, -0.1) is 0 Å². The molecule has 0 heterocycles. The third-order valence-corrected chi connectivity index (χ3v) is 14.7. The van der Waals surface area contributed by atoms with Crippen molar-refractivity contribution >= 4 is 17.9 Å². The highest BCUT2D eigenvalue weighted by atomic mass is 16.6. The van der Waals surface area contributed by atoms with E-state index < -0.39 is 6.10 Å². The molecular weight excluding hydrogens is 949 g/mol. The summed E-state index contributed by atoms with van der Waals surface area (Å²) in [5.74, 6) is -0.890. The second-order valence-corrected chi connectivity index (χ2v) is 22.4. The predicted molar refractivity (Wildman–Crippen MR) is 335 cm³/mol. The van der Waals surface area contributed by atoms with Gasteiger partial charge in [0.15, 0.2) is 6.10 Å². The number of allylic oxidation sites excluding steroid dienone is 12. The largest absolute Gasteiger partial charge is 0.462 e. The molecule has 6 nitrogen and oxygen atoms in total. The Morgan fingerprint density at radius 3 is 0.766 bits per heavy atom. The van der Waals surface area contributed by atoms with Crippen molar-refractivity contribution < 1.29 is 28.6 Å². The van der Waals surface area contributed by atoms with E-state index in [9.17, 15) is 14.4 Å². The van der Waals surface area contributed by atoms with E-state index in [0.717, 1.165) is 103 Å². The van der Waals surface area contributed by atoms with Crippen molar-refractivity contribution in [2.24, 2.45) is 0 Å². The number of unbranched alkanes of at least 4 members (excludes halogenated alkanes) is 38. The molecule has 0 aromatic heterocycles. The summed E-state index contributed by atoms with van der Waals surface area (Å²) in [6.07, 6.45) is 84.9. The Bertz CT molecular complexity index is 1420. The first-order valence-corrected chi connectivity index (χ1v) is 33.4. The lowest BCUT2D eigenvalue weighted by molar-refractivity contribution is -0.167. The molecule has 1 unspecified atom stereocenters. The molecule has 0 aromatic rings. The van der Waals surface area contributed by atoms with Gasteiger partial charge in [0, 0.05) is 19.3 Å². The van der Waals surface area contributed by atoms with Crippen molar-refractivity contribution in [2.45, 2.75) is 348 Å². The molecule has 0 aliphatic carbocycles. The van der Waals surface area contributed by atoms with Crippen LogP contribution >= 0.6 is 0 Å². The molecule has 6 heteroatoms. The minimum Gasteiger partial charge on any atom is -0.462 e. The molecule has 446 valence electrons. The van der Waals surface area contributed by atoms with Crippen LogP contribution in [-0.2, 0) is 28.6 Å². The fraction of sp³-hybridized carbons (Fsp3) is 0.789. The predicted octanol–water partition coefficient (Wildman–Crippen LogP) is 22.9. The molecule has 77 heavy (non-hydrogen) atoms. The van der Waals surface area contributed by atoms with Crippen LogP contribution in [0.25, 0.3) is 0 Å². The van der Waals surface area contributed by atoms with Gasteiger partial charge in [0.05, 0.1) is 0 Å². The smallest absolute Gasteiger partial charge is 0.306 e. The van der Waals surface area contributed by atoms with Gasteiger partial charge in [-0.05, 0) is 116 Å². The Hall–Kier alpha value is -3.15. The third-order valence-electron chi connectivity index (χ3n) is 14.7. The number of rotatable bonds is 61. The van der Waals surface area contributed by atoms with Gasteiger partial charge in [0.1, 0.15) is 13.2 Å².